The molecule has 0 aromatic heterocycles. The molecule has 0 unspecified atom stereocenters. The number of unbranched alkanes of at least 4 members (excludes halogenated alkanes) is 27. The molecule has 0 amide bonds. The molecule has 0 radical (unpaired) electrons. The molecule has 10 heteroatoms. The molecule has 6 nitrogen and oxygen atoms in total. The number of rotatable bonds is 39. The molecule has 64 heavy (non-hydrogen) atoms. The monoisotopic (exact) mass is 1020 g/mol. The summed E-state index contributed by atoms with van der Waals surface area (Å²) in [5.74, 6) is 0. The fraction of sp³-hybridized carbons (Fsp3) is 0.667. The van der Waals surface area contributed by atoms with Crippen LogP contribution in [0.25, 0.3) is 0 Å². The minimum absolute atomic E-state index is 0.119. The first-order chi connectivity index (χ1) is 31.0. The Balaban J connectivity index is 1.90. The minimum atomic E-state index is -5.82. The Kier molecular flexibility index (Phi) is 29.2. The van der Waals surface area contributed by atoms with Crippen LogP contribution in [0.15, 0.2) is 87.5 Å². The van der Waals surface area contributed by atoms with Crippen molar-refractivity contribution in [2.45, 2.75) is 247 Å². The molecule has 0 saturated carbocycles. The van der Waals surface area contributed by atoms with E-state index in [-0.39, 0.29) is 14.7 Å². The second kappa shape index (κ2) is 33.0. The van der Waals surface area contributed by atoms with E-state index in [2.05, 4.69) is 20.8 Å². The van der Waals surface area contributed by atoms with Crippen LogP contribution in [0, 0.1) is 0 Å². The van der Waals surface area contributed by atoms with Crippen LogP contribution in [-0.4, -0.2) is 25.3 Å². The topological polar surface area (TPSA) is 102 Å². The maximum atomic E-state index is 15.3. The van der Waals surface area contributed by atoms with Gasteiger partial charge in [-0.15, -0.1) is 0 Å². The zero-order valence-corrected chi connectivity index (χ0v) is 45.3. The van der Waals surface area contributed by atoms with Gasteiger partial charge in [-0.1, -0.05) is 59.3 Å². The van der Waals surface area contributed by atoms with E-state index in [9.17, 15) is 0 Å². The Morgan fingerprint density at radius 1 is 0.281 bits per heavy atom. The predicted molar refractivity (Wildman–Crippen MR) is 268 cm³/mol. The normalized spacial score (nSPS) is 12.2. The van der Waals surface area contributed by atoms with Crippen molar-refractivity contribution < 1.29 is 42.6 Å². The first-order valence-electron chi connectivity index (χ1n) is 25.9. The van der Waals surface area contributed by atoms with E-state index in [4.69, 9.17) is 0 Å². The van der Waals surface area contributed by atoms with Crippen LogP contribution in [-0.2, 0) is 56.4 Å². The quantitative estimate of drug-likeness (QED) is 0.0528. The average molecular weight is 1020 g/mol. The van der Waals surface area contributed by atoms with Gasteiger partial charge in [-0.05, 0) is 0 Å². The van der Waals surface area contributed by atoms with Crippen molar-refractivity contribution in [3.8, 4) is 0 Å². The molecule has 0 aliphatic carbocycles. The fourth-order valence-electron chi connectivity index (χ4n) is 9.03. The van der Waals surface area contributed by atoms with Crippen LogP contribution in [0.4, 0.5) is 0 Å². The van der Waals surface area contributed by atoms with Gasteiger partial charge < -0.3 is 0 Å². The van der Waals surface area contributed by atoms with Crippen molar-refractivity contribution in [1.82, 2.24) is 0 Å². The van der Waals surface area contributed by atoms with Gasteiger partial charge in [-0.2, -0.15) is 0 Å². The van der Waals surface area contributed by atoms with Crippen LogP contribution in [0.5, 0.6) is 0 Å². The van der Waals surface area contributed by atoms with E-state index >= 15 is 25.3 Å². The number of benzene rings is 3. The number of hydrogen-bond acceptors (Lipinski definition) is 6. The summed E-state index contributed by atoms with van der Waals surface area (Å²) in [7, 11) is 0. The second-order valence-electron chi connectivity index (χ2n) is 18.4. The summed E-state index contributed by atoms with van der Waals surface area (Å²) in [4.78, 5) is -0.356. The summed E-state index contributed by atoms with van der Waals surface area (Å²) >= 11 is -5.82. The van der Waals surface area contributed by atoms with Crippen molar-refractivity contribution in [3.63, 3.8) is 0 Å². The molecular weight excluding hydrogens is 932 g/mol. The third-order valence-corrected chi connectivity index (χ3v) is 55.0. The first-order valence-corrected chi connectivity index (χ1v) is 39.4. The molecule has 0 atom stereocenters. The smallest absolute Gasteiger partial charge is 0.0654 e. The molecule has 0 spiro atoms. The number of aryl methyl sites for hydroxylation is 3. The molecule has 3 aromatic rings. The molecule has 0 heterocycles. The Labute approximate surface area is 396 Å². The predicted octanol–water partition coefficient (Wildman–Crippen LogP) is 16.2. The van der Waals surface area contributed by atoms with E-state index in [1.807, 2.05) is 0 Å². The van der Waals surface area contributed by atoms with Gasteiger partial charge in [0.1, 0.15) is 0 Å². The molecule has 3 rings (SSSR count). The van der Waals surface area contributed by atoms with Gasteiger partial charge in [0.25, 0.3) is 0 Å². The molecule has 361 valence electrons. The molecule has 0 bridgehead atoms. The van der Waals surface area contributed by atoms with Gasteiger partial charge in [-0.3, -0.25) is 0 Å². The van der Waals surface area contributed by atoms with Crippen molar-refractivity contribution in [3.05, 3.63) is 89.5 Å². The molecule has 0 aliphatic heterocycles. The average Bonchev–Trinajstić information content (AvgIpc) is 3.28. The summed E-state index contributed by atoms with van der Waals surface area (Å²) in [5.41, 5.74) is 1.55. The standard InChI is InChI=1S/3C18H29O2S.Zr/c3*1-2-3-4-5-6-7-8-9-10-11-14-17-15-12-13-16-18(17)21(19)20;/h3*12-13,15-16H,2-11,14H2,1H3;. The maximum absolute atomic E-state index is 15.3. The van der Waals surface area contributed by atoms with Crippen molar-refractivity contribution in [1.29, 1.82) is 0 Å². The van der Waals surface area contributed by atoms with E-state index < -0.39 is 37.1 Å². The summed E-state index contributed by atoms with van der Waals surface area (Å²) in [5, 5.41) is 0. The molecule has 0 saturated heterocycles. The molecular formula is C54H87O6S3Zr. The Bertz CT molecular complexity index is 1800. The van der Waals surface area contributed by atoms with Gasteiger partial charge in [-0.25, -0.2) is 0 Å². The van der Waals surface area contributed by atoms with Crippen LogP contribution in [0.1, 0.15) is 230 Å². The second-order valence-corrected chi connectivity index (χ2v) is 47.7. The van der Waals surface area contributed by atoms with Crippen LogP contribution < -0.4 is 0 Å². The molecule has 0 aliphatic rings. The van der Waals surface area contributed by atoms with Crippen LogP contribution >= 0.6 is 0 Å². The van der Waals surface area contributed by atoms with E-state index in [1.54, 1.807) is 54.6 Å². The zero-order chi connectivity index (χ0) is 46.4. The SMILES string of the molecule is CCCCCCCCCCCCc1ccccc1[S](=O)(=O)[Zr]([S](=O)(=O)c1ccccc1CCCCCCCCCCCC)[S](=O)(=O)c1ccccc1CCCCCCCCCCCC. The third kappa shape index (κ3) is 19.9. The van der Waals surface area contributed by atoms with E-state index in [1.165, 1.54) is 134 Å². The van der Waals surface area contributed by atoms with Crippen molar-refractivity contribution in [2.24, 2.45) is 0 Å². The third-order valence-electron chi connectivity index (χ3n) is 12.8. The summed E-state index contributed by atoms with van der Waals surface area (Å²) in [6.07, 6.45) is 35.5. The van der Waals surface area contributed by atoms with Crippen molar-refractivity contribution >= 4 is 19.8 Å². The molecule has 0 N–H and O–H groups in total. The summed E-state index contributed by atoms with van der Waals surface area (Å²) < 4.78 is 91.9. The van der Waals surface area contributed by atoms with E-state index in [0.717, 1.165) is 77.0 Å². The van der Waals surface area contributed by atoms with Crippen molar-refractivity contribution in [2.75, 3.05) is 0 Å². The summed E-state index contributed by atoms with van der Waals surface area (Å²) in [6, 6.07) is 19.8. The Morgan fingerprint density at radius 3 is 0.688 bits per heavy atom. The molecule has 3 aromatic carbocycles. The molecule has 0 fully saturated rings. The Hall–Kier alpha value is -1.61. The van der Waals surface area contributed by atoms with Gasteiger partial charge in [0.2, 0.25) is 0 Å². The van der Waals surface area contributed by atoms with Crippen LogP contribution in [0.3, 0.4) is 0 Å². The van der Waals surface area contributed by atoms with Gasteiger partial charge in [0.15, 0.2) is 0 Å². The zero-order valence-electron chi connectivity index (χ0n) is 40.4. The van der Waals surface area contributed by atoms with Gasteiger partial charge in [0.05, 0.1) is 0 Å². The Morgan fingerprint density at radius 2 is 0.469 bits per heavy atom. The van der Waals surface area contributed by atoms with E-state index in [0.29, 0.717) is 36.0 Å². The van der Waals surface area contributed by atoms with Gasteiger partial charge in [0, 0.05) is 0 Å². The fourth-order valence-corrected chi connectivity index (χ4v) is 52.5. The van der Waals surface area contributed by atoms with Gasteiger partial charge >= 0.3 is 340 Å². The summed E-state index contributed by atoms with van der Waals surface area (Å²) in [6.45, 7) is -7.74. The first kappa shape index (κ1) is 56.7. The number of hydrogen-bond donors (Lipinski definition) is 0. The minimum Gasteiger partial charge on any atom is -0.0654 e. The van der Waals surface area contributed by atoms with Crippen LogP contribution in [0.2, 0.25) is 0 Å².